The number of carbonyl (C=O) groups is 6. The molecule has 4 heterocycles. The summed E-state index contributed by atoms with van der Waals surface area (Å²) in [6.07, 6.45) is 6.07. The lowest BCUT2D eigenvalue weighted by molar-refractivity contribution is -0.184. The van der Waals surface area contributed by atoms with Crippen molar-refractivity contribution in [3.63, 3.8) is 0 Å². The molecule has 14 nitrogen and oxygen atoms in total. The maximum absolute atomic E-state index is 14.5. The minimum absolute atomic E-state index is 0.289. The second-order valence-electron chi connectivity index (χ2n) is 19.4. The Morgan fingerprint density at radius 1 is 0.565 bits per heavy atom. The molecule has 4 fully saturated rings. The van der Waals surface area contributed by atoms with Gasteiger partial charge in [0.05, 0.1) is 0 Å². The number of esters is 2. The van der Waals surface area contributed by atoms with Gasteiger partial charge in [-0.25, -0.2) is 19.6 Å². The van der Waals surface area contributed by atoms with Crippen LogP contribution in [0.1, 0.15) is 117 Å². The van der Waals surface area contributed by atoms with Gasteiger partial charge in [0.15, 0.2) is 0 Å². The quantitative estimate of drug-likeness (QED) is 0.259. The molecule has 0 saturated carbocycles. The summed E-state index contributed by atoms with van der Waals surface area (Å²) in [5, 5.41) is 13.1. The maximum Gasteiger partial charge on any atom is 0.331 e. The molecule has 0 spiro atoms. The zero-order valence-electron chi connectivity index (χ0n) is 37.6. The van der Waals surface area contributed by atoms with E-state index in [0.717, 1.165) is 24.0 Å². The molecule has 0 bridgehead atoms. The van der Waals surface area contributed by atoms with E-state index in [4.69, 9.17) is 9.47 Å². The van der Waals surface area contributed by atoms with Crippen LogP contribution in [0.4, 0.5) is 0 Å². The summed E-state index contributed by atoms with van der Waals surface area (Å²) >= 11 is 0. The molecule has 6 atom stereocenters. The van der Waals surface area contributed by atoms with Crippen molar-refractivity contribution in [3.8, 4) is 0 Å². The SMILES string of the molecule is CC(C)(C)OC(=O)[C@@H]1CCCN2CCC[C@H](NC(=O)[C@H](CC[C@H](Cc3ccccc3)C(=O)N[C@H]3CCCN4CCC[C@@H](C(=O)OC(C)(C)C)N4C3=O)Cc3ccccc3)C(=O)N12. The number of nitrogens with zero attached hydrogens (tertiary/aromatic N) is 4. The smallest absolute Gasteiger partial charge is 0.331 e. The van der Waals surface area contributed by atoms with Crippen LogP contribution in [-0.2, 0) is 51.1 Å². The highest BCUT2D eigenvalue weighted by atomic mass is 16.6. The second kappa shape index (κ2) is 20.6. The molecule has 2 aromatic rings. The summed E-state index contributed by atoms with van der Waals surface area (Å²) < 4.78 is 11.5. The van der Waals surface area contributed by atoms with Gasteiger partial charge in [-0.1, -0.05) is 60.7 Å². The van der Waals surface area contributed by atoms with Gasteiger partial charge in [0.25, 0.3) is 11.8 Å². The number of hydrazine groups is 2. The number of rotatable bonds is 13. The highest BCUT2D eigenvalue weighted by molar-refractivity contribution is 5.92. The average Bonchev–Trinajstić information content (AvgIpc) is 3.48. The summed E-state index contributed by atoms with van der Waals surface area (Å²) in [7, 11) is 0. The third kappa shape index (κ3) is 12.4. The number of hydrogen-bond acceptors (Lipinski definition) is 10. The van der Waals surface area contributed by atoms with Gasteiger partial charge < -0.3 is 20.1 Å². The van der Waals surface area contributed by atoms with Gasteiger partial charge in [0, 0.05) is 38.0 Å². The Morgan fingerprint density at radius 3 is 1.24 bits per heavy atom. The Bertz CT molecular complexity index is 1750. The number of benzene rings is 2. The van der Waals surface area contributed by atoms with Crippen LogP contribution >= 0.6 is 0 Å². The van der Waals surface area contributed by atoms with Crippen LogP contribution in [0, 0.1) is 11.8 Å². The lowest BCUT2D eigenvalue weighted by Crippen LogP contribution is -2.62. The van der Waals surface area contributed by atoms with Crippen LogP contribution in [0.25, 0.3) is 0 Å². The van der Waals surface area contributed by atoms with Gasteiger partial charge in [0.1, 0.15) is 35.4 Å². The number of fused-ring (bicyclic) bond motifs is 2. The zero-order valence-corrected chi connectivity index (χ0v) is 37.6. The minimum Gasteiger partial charge on any atom is -0.458 e. The lowest BCUT2D eigenvalue weighted by atomic mass is 9.86. The van der Waals surface area contributed by atoms with E-state index in [0.29, 0.717) is 90.4 Å². The summed E-state index contributed by atoms with van der Waals surface area (Å²) in [5.41, 5.74) is 0.468. The summed E-state index contributed by atoms with van der Waals surface area (Å²) in [6, 6.07) is 16.2. The first kappa shape index (κ1) is 46.7. The van der Waals surface area contributed by atoms with E-state index < -0.39 is 59.1 Å². The van der Waals surface area contributed by atoms with Crippen molar-refractivity contribution in [1.82, 2.24) is 30.7 Å². The van der Waals surface area contributed by atoms with Gasteiger partial charge in [-0.15, -0.1) is 0 Å². The number of ether oxygens (including phenoxy) is 2. The topological polar surface area (TPSA) is 158 Å². The Morgan fingerprint density at radius 2 is 0.903 bits per heavy atom. The van der Waals surface area contributed by atoms with Crippen LogP contribution in [0.5, 0.6) is 0 Å². The monoisotopic (exact) mass is 857 g/mol. The van der Waals surface area contributed by atoms with Crippen molar-refractivity contribution in [2.45, 2.75) is 154 Å². The van der Waals surface area contributed by atoms with Crippen molar-refractivity contribution in [2.75, 3.05) is 26.2 Å². The zero-order chi connectivity index (χ0) is 44.6. The van der Waals surface area contributed by atoms with Gasteiger partial charge in [-0.3, -0.25) is 29.2 Å². The normalized spacial score (nSPS) is 23.8. The summed E-state index contributed by atoms with van der Waals surface area (Å²) in [6.45, 7) is 13.3. The third-order valence-electron chi connectivity index (χ3n) is 12.1. The van der Waals surface area contributed by atoms with Gasteiger partial charge in [-0.05, 0) is 130 Å². The van der Waals surface area contributed by atoms with E-state index >= 15 is 0 Å². The van der Waals surface area contributed by atoms with Crippen molar-refractivity contribution < 1.29 is 38.2 Å². The predicted molar refractivity (Wildman–Crippen MR) is 233 cm³/mol. The van der Waals surface area contributed by atoms with Crippen molar-refractivity contribution in [1.29, 1.82) is 0 Å². The van der Waals surface area contributed by atoms with Gasteiger partial charge in [0.2, 0.25) is 11.8 Å². The van der Waals surface area contributed by atoms with Crippen LogP contribution in [-0.4, -0.2) is 117 Å². The molecule has 4 aliphatic rings. The van der Waals surface area contributed by atoms with E-state index in [1.54, 1.807) is 0 Å². The van der Waals surface area contributed by atoms with E-state index in [1.807, 2.05) is 112 Å². The van der Waals surface area contributed by atoms with Crippen LogP contribution < -0.4 is 10.6 Å². The molecule has 2 aromatic carbocycles. The fourth-order valence-electron chi connectivity index (χ4n) is 9.21. The second-order valence-corrected chi connectivity index (χ2v) is 19.4. The Balaban J connectivity index is 1.20. The van der Waals surface area contributed by atoms with Gasteiger partial charge in [-0.2, -0.15) is 0 Å². The molecule has 4 saturated heterocycles. The van der Waals surface area contributed by atoms with E-state index in [-0.39, 0.29) is 23.6 Å². The van der Waals surface area contributed by atoms with Crippen LogP contribution in [0.15, 0.2) is 60.7 Å². The number of hydrogen-bond donors (Lipinski definition) is 2. The maximum atomic E-state index is 14.5. The molecular formula is C48H68N6O8. The standard InChI is InChI=1S/C48H68N6O8/c1-47(2,3)61-45(59)39-23-15-29-51-27-13-21-37(43(57)53(39)51)49-41(55)35(31-33-17-9-7-10-18-33)25-26-36(32-34-19-11-8-12-20-34)42(56)50-38-22-14-28-52-30-16-24-40(54(52)44(38)58)46(60)62-48(4,5)6/h7-12,17-20,35-40H,13-16,21-32H2,1-6H3,(H,49,55)(H,50,56)/t35-,36-,37+,38+,39+,40+/m1/s1. The average molecular weight is 857 g/mol. The number of nitrogens with one attached hydrogen (secondary N) is 2. The molecule has 0 aromatic heterocycles. The molecule has 2 N–H and O–H groups in total. The predicted octanol–water partition coefficient (Wildman–Crippen LogP) is 5.14. The lowest BCUT2D eigenvalue weighted by Gasteiger charge is -2.43. The molecule has 6 rings (SSSR count). The van der Waals surface area contributed by atoms with Crippen LogP contribution in [0.2, 0.25) is 0 Å². The summed E-state index contributed by atoms with van der Waals surface area (Å²) in [5.74, 6) is -3.29. The van der Waals surface area contributed by atoms with Gasteiger partial charge >= 0.3 is 11.9 Å². The highest BCUT2D eigenvalue weighted by Gasteiger charge is 2.46. The molecule has 4 aliphatic heterocycles. The summed E-state index contributed by atoms with van der Waals surface area (Å²) in [4.78, 5) is 84.5. The van der Waals surface area contributed by atoms with E-state index in [2.05, 4.69) is 10.6 Å². The molecule has 338 valence electrons. The Kier molecular flexibility index (Phi) is 15.5. The number of carbonyl (C=O) groups excluding carboxylic acids is 6. The molecule has 0 radical (unpaired) electrons. The molecule has 14 heteroatoms. The molecule has 0 unspecified atom stereocenters. The molecule has 4 amide bonds. The molecular weight excluding hydrogens is 789 g/mol. The molecule has 0 aliphatic carbocycles. The first-order chi connectivity index (χ1) is 29.5. The van der Waals surface area contributed by atoms with E-state index in [9.17, 15) is 28.8 Å². The fourth-order valence-corrected chi connectivity index (χ4v) is 9.21. The first-order valence-electron chi connectivity index (χ1n) is 22.8. The van der Waals surface area contributed by atoms with Crippen molar-refractivity contribution >= 4 is 35.6 Å². The minimum atomic E-state index is -0.836. The largest absolute Gasteiger partial charge is 0.458 e. The van der Waals surface area contributed by atoms with Crippen LogP contribution in [0.3, 0.4) is 0 Å². The highest BCUT2D eigenvalue weighted by Crippen LogP contribution is 2.29. The first-order valence-corrected chi connectivity index (χ1v) is 22.8. The third-order valence-corrected chi connectivity index (χ3v) is 12.1. The Hall–Kier alpha value is -4.82. The fraction of sp³-hybridized carbons (Fsp3) is 0.625. The van der Waals surface area contributed by atoms with E-state index in [1.165, 1.54) is 10.0 Å². The number of amides is 4. The van der Waals surface area contributed by atoms with Crippen molar-refractivity contribution in [3.05, 3.63) is 71.8 Å². The molecule has 62 heavy (non-hydrogen) atoms. The van der Waals surface area contributed by atoms with Crippen molar-refractivity contribution in [2.24, 2.45) is 11.8 Å². The Labute approximate surface area is 367 Å².